The largest absolute Gasteiger partial charge is 0.419 e. The highest BCUT2D eigenvalue weighted by Gasteiger charge is 2.11. The fourth-order valence-corrected chi connectivity index (χ4v) is 4.57. The van der Waals surface area contributed by atoms with Gasteiger partial charge >= 0.3 is 5.76 Å². The Morgan fingerprint density at radius 1 is 1.17 bits per heavy atom. The number of aryl methyl sites for hydroxylation is 1. The van der Waals surface area contributed by atoms with Crippen LogP contribution in [0.5, 0.6) is 0 Å². The first-order chi connectivity index (χ1) is 14.6. The topological polar surface area (TPSA) is 90.0 Å². The number of carbonyl (C=O) groups is 1. The quantitative estimate of drug-likeness (QED) is 0.322. The Bertz CT molecular complexity index is 1220. The minimum atomic E-state index is -0.427. The molecule has 0 aliphatic rings. The summed E-state index contributed by atoms with van der Waals surface area (Å²) in [7, 11) is 0. The first-order valence-corrected chi connectivity index (χ1v) is 11.0. The van der Waals surface area contributed by atoms with E-state index in [0.29, 0.717) is 33.8 Å². The number of nitrogens with zero attached hydrogens (tertiary/aromatic N) is 3. The van der Waals surface area contributed by atoms with Crippen molar-refractivity contribution in [2.75, 3.05) is 5.32 Å². The van der Waals surface area contributed by atoms with Gasteiger partial charge in [-0.05, 0) is 36.2 Å². The third kappa shape index (κ3) is 4.95. The highest BCUT2D eigenvalue weighted by atomic mass is 32.2. The van der Waals surface area contributed by atoms with Crippen molar-refractivity contribution in [3.8, 4) is 0 Å². The maximum Gasteiger partial charge on any atom is 0.419 e. The van der Waals surface area contributed by atoms with Gasteiger partial charge in [-0.15, -0.1) is 10.2 Å². The Morgan fingerprint density at radius 3 is 2.80 bits per heavy atom. The van der Waals surface area contributed by atoms with E-state index in [4.69, 9.17) is 4.42 Å². The van der Waals surface area contributed by atoms with Crippen molar-refractivity contribution in [2.45, 2.75) is 29.5 Å². The van der Waals surface area contributed by atoms with Crippen molar-refractivity contribution in [3.05, 3.63) is 70.5 Å². The number of thioether (sulfide) groups is 1. The lowest BCUT2D eigenvalue weighted by Gasteiger charge is -2.02. The summed E-state index contributed by atoms with van der Waals surface area (Å²) in [5, 5.41) is 11.2. The Labute approximate surface area is 178 Å². The molecule has 30 heavy (non-hydrogen) atoms. The summed E-state index contributed by atoms with van der Waals surface area (Å²) in [6.45, 7) is 0.387. The lowest BCUT2D eigenvalue weighted by atomic mass is 10.2. The number of hydrogen-bond acceptors (Lipinski definition) is 7. The average Bonchev–Trinajstić information content (AvgIpc) is 3.31. The van der Waals surface area contributed by atoms with E-state index < -0.39 is 5.76 Å². The molecule has 0 bridgehead atoms. The Morgan fingerprint density at radius 2 is 1.97 bits per heavy atom. The van der Waals surface area contributed by atoms with Crippen molar-refractivity contribution < 1.29 is 13.6 Å². The van der Waals surface area contributed by atoms with Crippen molar-refractivity contribution >= 4 is 45.2 Å². The molecule has 0 aliphatic carbocycles. The van der Waals surface area contributed by atoms with Gasteiger partial charge in [0.2, 0.25) is 11.0 Å². The zero-order valence-corrected chi connectivity index (χ0v) is 17.3. The maximum atomic E-state index is 12.9. The summed E-state index contributed by atoms with van der Waals surface area (Å²) in [6, 6.07) is 13.5. The lowest BCUT2D eigenvalue weighted by Crippen LogP contribution is -2.17. The number of fused-ring (bicyclic) bond motifs is 1. The van der Waals surface area contributed by atoms with Gasteiger partial charge in [0.05, 0.1) is 5.52 Å². The highest BCUT2D eigenvalue weighted by molar-refractivity contribution is 8.00. The van der Waals surface area contributed by atoms with E-state index in [2.05, 4.69) is 15.5 Å². The van der Waals surface area contributed by atoms with Gasteiger partial charge in [-0.25, -0.2) is 9.18 Å². The summed E-state index contributed by atoms with van der Waals surface area (Å²) < 4.78 is 20.4. The normalized spacial score (nSPS) is 11.1. The van der Waals surface area contributed by atoms with Gasteiger partial charge in [-0.1, -0.05) is 47.4 Å². The first-order valence-electron chi connectivity index (χ1n) is 9.17. The molecule has 0 atom stereocenters. The van der Waals surface area contributed by atoms with Crippen molar-refractivity contribution in [1.82, 2.24) is 14.8 Å². The lowest BCUT2D eigenvalue weighted by molar-refractivity contribution is -0.116. The molecule has 0 radical (unpaired) electrons. The number of para-hydroxylation sites is 2. The maximum absolute atomic E-state index is 12.9. The minimum Gasteiger partial charge on any atom is -0.408 e. The van der Waals surface area contributed by atoms with E-state index in [9.17, 15) is 14.0 Å². The predicted molar refractivity (Wildman–Crippen MR) is 114 cm³/mol. The molecule has 0 fully saturated rings. The van der Waals surface area contributed by atoms with Gasteiger partial charge in [0.1, 0.15) is 5.82 Å². The second-order valence-corrected chi connectivity index (χ2v) is 8.63. The smallest absolute Gasteiger partial charge is 0.408 e. The number of anilines is 1. The van der Waals surface area contributed by atoms with E-state index in [1.807, 2.05) is 12.1 Å². The fraction of sp³-hybridized carbons (Fsp3) is 0.200. The predicted octanol–water partition coefficient (Wildman–Crippen LogP) is 4.30. The number of amides is 1. The molecule has 2 aromatic heterocycles. The first kappa shape index (κ1) is 20.3. The molecule has 4 aromatic rings. The molecule has 1 amide bonds. The van der Waals surface area contributed by atoms with Gasteiger partial charge in [-0.2, -0.15) is 0 Å². The monoisotopic (exact) mass is 444 g/mol. The van der Waals surface area contributed by atoms with E-state index in [-0.39, 0.29) is 18.1 Å². The molecule has 2 heterocycles. The van der Waals surface area contributed by atoms with Crippen molar-refractivity contribution in [1.29, 1.82) is 0 Å². The molecule has 4 rings (SSSR count). The van der Waals surface area contributed by atoms with E-state index in [1.165, 1.54) is 39.8 Å². The molecule has 2 aromatic carbocycles. The summed E-state index contributed by atoms with van der Waals surface area (Å²) in [4.78, 5) is 24.1. The van der Waals surface area contributed by atoms with Crippen LogP contribution in [-0.4, -0.2) is 20.7 Å². The van der Waals surface area contributed by atoms with Crippen molar-refractivity contribution in [3.63, 3.8) is 0 Å². The minimum absolute atomic E-state index is 0.193. The fourth-order valence-electron chi connectivity index (χ4n) is 2.85. The van der Waals surface area contributed by atoms with Crippen LogP contribution < -0.4 is 11.1 Å². The van der Waals surface area contributed by atoms with Gasteiger partial charge in [-0.3, -0.25) is 9.36 Å². The molecule has 0 unspecified atom stereocenters. The standard InChI is InChI=1S/C20H17FN4O3S2/c21-14-9-7-13(8-10-14)12-29-19-24-23-18(30-19)22-17(26)6-3-11-25-15-4-1-2-5-16(15)28-20(25)27/h1-2,4-5,7-10H,3,6,11-12H2,(H,22,23,26). The molecule has 154 valence electrons. The molecule has 0 aliphatic heterocycles. The SMILES string of the molecule is O=C(CCCn1c(=O)oc2ccccc21)Nc1nnc(SCc2ccc(F)cc2)s1. The molecule has 0 saturated heterocycles. The molecular formula is C20H17FN4O3S2. The van der Waals surface area contributed by atoms with Gasteiger partial charge < -0.3 is 9.73 Å². The number of halogens is 1. The number of aromatic nitrogens is 3. The number of hydrogen-bond donors (Lipinski definition) is 1. The van der Waals surface area contributed by atoms with E-state index in [0.717, 1.165) is 11.1 Å². The zero-order chi connectivity index (χ0) is 20.9. The van der Waals surface area contributed by atoms with Crippen LogP contribution >= 0.6 is 23.1 Å². The van der Waals surface area contributed by atoms with Gasteiger partial charge in [0.25, 0.3) is 0 Å². The van der Waals surface area contributed by atoms with Crippen LogP contribution in [0, 0.1) is 5.82 Å². The Balaban J connectivity index is 1.26. The van der Waals surface area contributed by atoms with Crippen molar-refractivity contribution in [2.24, 2.45) is 0 Å². The molecule has 0 saturated carbocycles. The third-order valence-electron chi connectivity index (χ3n) is 4.29. The van der Waals surface area contributed by atoms with Gasteiger partial charge in [0, 0.05) is 18.7 Å². The summed E-state index contributed by atoms with van der Waals surface area (Å²) in [5.74, 6) is -0.253. The number of oxazole rings is 1. The second-order valence-electron chi connectivity index (χ2n) is 6.43. The Hall–Kier alpha value is -2.98. The molecule has 10 heteroatoms. The van der Waals surface area contributed by atoms with Crippen LogP contribution in [0.1, 0.15) is 18.4 Å². The molecule has 0 spiro atoms. The number of nitrogens with one attached hydrogen (secondary N) is 1. The zero-order valence-electron chi connectivity index (χ0n) is 15.7. The van der Waals surface area contributed by atoms with Crippen LogP contribution in [0.4, 0.5) is 9.52 Å². The second kappa shape index (κ2) is 9.23. The van der Waals surface area contributed by atoms with Crippen LogP contribution in [0.25, 0.3) is 11.1 Å². The number of rotatable bonds is 8. The number of carbonyl (C=O) groups excluding carboxylic acids is 1. The molecule has 1 N–H and O–H groups in total. The summed E-state index contributed by atoms with van der Waals surface area (Å²) >= 11 is 2.75. The van der Waals surface area contributed by atoms with Crippen LogP contribution in [0.15, 0.2) is 62.1 Å². The average molecular weight is 445 g/mol. The van der Waals surface area contributed by atoms with E-state index >= 15 is 0 Å². The number of benzene rings is 2. The van der Waals surface area contributed by atoms with Crippen LogP contribution in [0.3, 0.4) is 0 Å². The summed E-state index contributed by atoms with van der Waals surface area (Å²) in [6.07, 6.45) is 0.726. The Kier molecular flexibility index (Phi) is 6.24. The third-order valence-corrected chi connectivity index (χ3v) is 6.33. The molecule has 7 nitrogen and oxygen atoms in total. The van der Waals surface area contributed by atoms with Gasteiger partial charge in [0.15, 0.2) is 9.92 Å². The summed E-state index contributed by atoms with van der Waals surface area (Å²) in [5.41, 5.74) is 2.23. The highest BCUT2D eigenvalue weighted by Crippen LogP contribution is 2.28. The van der Waals surface area contributed by atoms with Crippen LogP contribution in [0.2, 0.25) is 0 Å². The molecular weight excluding hydrogens is 427 g/mol. The van der Waals surface area contributed by atoms with Crippen LogP contribution in [-0.2, 0) is 17.1 Å². The van der Waals surface area contributed by atoms with E-state index in [1.54, 1.807) is 24.3 Å².